The van der Waals surface area contributed by atoms with Crippen molar-refractivity contribution in [1.29, 1.82) is 0 Å². The molecule has 3 heteroatoms. The Kier molecular flexibility index (Phi) is 549. The Bertz CT molecular complexity index is 19.9. The first kappa shape index (κ1) is 56.5. The molecule has 0 aliphatic heterocycles. The summed E-state index contributed by atoms with van der Waals surface area (Å²) >= 11 is 0. The summed E-state index contributed by atoms with van der Waals surface area (Å²) in [7, 11) is 0. The first-order valence-electron chi connectivity index (χ1n) is 0.704. The van der Waals surface area contributed by atoms with Gasteiger partial charge in [0.15, 0.2) is 0 Å². The minimum atomic E-state index is 0. The fraction of sp³-hybridized carbons (Fsp3) is 0.400. The van der Waals surface area contributed by atoms with Crippen molar-refractivity contribution in [2.24, 2.45) is 0 Å². The summed E-state index contributed by atoms with van der Waals surface area (Å²) in [5.41, 5.74) is 0. The van der Waals surface area contributed by atoms with Gasteiger partial charge in [0, 0.05) is 53.8 Å². The van der Waals surface area contributed by atoms with Crippen molar-refractivity contribution in [1.82, 2.24) is 0 Å². The van der Waals surface area contributed by atoms with E-state index in [2.05, 4.69) is 0 Å². The summed E-state index contributed by atoms with van der Waals surface area (Å²) in [6.45, 7) is 1.32. The van der Waals surface area contributed by atoms with Crippen LogP contribution in [0, 0.1) is 14.9 Å². The largest absolute Gasteiger partial charge is 0.542 e. The van der Waals surface area contributed by atoms with Crippen molar-refractivity contribution >= 4 is 6.29 Å². The van der Waals surface area contributed by atoms with Gasteiger partial charge in [-0.15, -0.1) is 0 Å². The van der Waals surface area contributed by atoms with Gasteiger partial charge in [0.25, 0.3) is 0 Å². The Balaban J connectivity index is -0.00000000200. The summed E-state index contributed by atoms with van der Waals surface area (Å²) in [4.78, 5) is 8.68. The van der Waals surface area contributed by atoms with Gasteiger partial charge in [-0.3, -0.25) is 6.29 Å². The normalized spacial score (nSPS) is 1.62. The van der Waals surface area contributed by atoms with Crippen LogP contribution < -0.4 is 0 Å². The van der Waals surface area contributed by atoms with Crippen LogP contribution in [-0.4, -0.2) is 6.29 Å². The molecule has 0 aromatic carbocycles. The standard InChI is InChI=1S/C2H3O.CH4.2CH3.W.Y/c1-2-3;;;;;/h1H3;1H4;2*1H3;;/q-1;;2*-1;;. The molecule has 0 atom stereocenters. The third-order valence-corrected chi connectivity index (χ3v) is 0. The van der Waals surface area contributed by atoms with Crippen LogP contribution in [0.1, 0.15) is 14.4 Å². The molecule has 51 valence electrons. The molecule has 1 radical (unpaired) electrons. The zero-order valence-corrected chi connectivity index (χ0v) is 10.7. The van der Waals surface area contributed by atoms with E-state index in [1.807, 2.05) is 0 Å². The van der Waals surface area contributed by atoms with Gasteiger partial charge in [-0.25, -0.2) is 0 Å². The maximum atomic E-state index is 8.68. The van der Waals surface area contributed by atoms with Gasteiger partial charge >= 0.3 is 0 Å². The van der Waals surface area contributed by atoms with E-state index in [1.54, 1.807) is 0 Å². The van der Waals surface area contributed by atoms with Crippen LogP contribution in [0.2, 0.25) is 0 Å². The van der Waals surface area contributed by atoms with E-state index >= 15 is 0 Å². The second-order valence-corrected chi connectivity index (χ2v) is 0.204. The van der Waals surface area contributed by atoms with Crippen molar-refractivity contribution in [3.63, 3.8) is 0 Å². The quantitative estimate of drug-likeness (QED) is 0.600. The molecule has 0 spiro atoms. The van der Waals surface area contributed by atoms with E-state index in [9.17, 15) is 0 Å². The predicted molar refractivity (Wildman–Crippen MR) is 30.9 cm³/mol. The van der Waals surface area contributed by atoms with E-state index in [-0.39, 0.29) is 76.1 Å². The summed E-state index contributed by atoms with van der Waals surface area (Å²) in [5.74, 6) is 0. The van der Waals surface area contributed by atoms with Gasteiger partial charge < -0.3 is 19.6 Å². The average molecular weight is 362 g/mol. The topological polar surface area (TPSA) is 17.1 Å². The molecule has 0 unspecified atom stereocenters. The van der Waals surface area contributed by atoms with Crippen LogP contribution in [0.25, 0.3) is 0 Å². The second-order valence-electron chi connectivity index (χ2n) is 0.204. The first-order valence-corrected chi connectivity index (χ1v) is 0.704. The molecular formula is C5H13OWY-3. The maximum Gasteiger partial charge on any atom is 0 e. The Morgan fingerprint density at radius 3 is 1.25 bits per heavy atom. The predicted octanol–water partition coefficient (Wildman–Crippen LogP) is 1.65. The SMILES string of the molecule is C.C[C-]=O.[CH3-].[CH3-].[W].[Y]. The second kappa shape index (κ2) is 77.7. The number of rotatable bonds is 0. The Morgan fingerprint density at radius 2 is 1.25 bits per heavy atom. The fourth-order valence-corrected chi connectivity index (χ4v) is 0. The minimum absolute atomic E-state index is 0. The molecule has 0 heterocycles. The zero-order valence-electron chi connectivity index (χ0n) is 4.89. The summed E-state index contributed by atoms with van der Waals surface area (Å²) in [6.07, 6.45) is 1.50. The molecule has 0 aliphatic carbocycles. The average Bonchev–Trinajstić information content (AvgIpc) is 0.918. The van der Waals surface area contributed by atoms with Crippen LogP contribution in [-0.2, 0) is 58.6 Å². The van der Waals surface area contributed by atoms with Crippen LogP contribution in [0.15, 0.2) is 0 Å². The molecule has 0 N–H and O–H groups in total. The van der Waals surface area contributed by atoms with Crippen molar-refractivity contribution in [3.05, 3.63) is 14.9 Å². The molecule has 0 saturated heterocycles. The van der Waals surface area contributed by atoms with Crippen LogP contribution in [0.5, 0.6) is 0 Å². The van der Waals surface area contributed by atoms with Gasteiger partial charge in [0.1, 0.15) is 0 Å². The van der Waals surface area contributed by atoms with Gasteiger partial charge in [-0.2, -0.15) is 6.92 Å². The van der Waals surface area contributed by atoms with Gasteiger partial charge in [-0.05, 0) is 0 Å². The Labute approximate surface area is 93.1 Å². The smallest absolute Gasteiger partial charge is 0 e. The maximum absolute atomic E-state index is 8.68. The zero-order chi connectivity index (χ0) is 2.71. The van der Waals surface area contributed by atoms with Crippen molar-refractivity contribution in [3.8, 4) is 0 Å². The molecule has 0 bridgehead atoms. The Hall–Kier alpha value is 1.46. The Morgan fingerprint density at radius 1 is 1.25 bits per heavy atom. The number of hydrogen-bond donors (Lipinski definition) is 0. The molecular weight excluding hydrogens is 349 g/mol. The summed E-state index contributed by atoms with van der Waals surface area (Å²) < 4.78 is 0. The molecule has 0 fully saturated rings. The molecule has 0 aliphatic rings. The van der Waals surface area contributed by atoms with Crippen molar-refractivity contribution in [2.75, 3.05) is 0 Å². The van der Waals surface area contributed by atoms with E-state index in [0.717, 1.165) is 0 Å². The monoisotopic (exact) mass is 362 g/mol. The number of hydrogen-bond acceptors (Lipinski definition) is 1. The fourth-order valence-electron chi connectivity index (χ4n) is 0. The summed E-state index contributed by atoms with van der Waals surface area (Å²) in [6, 6.07) is 0. The third-order valence-electron chi connectivity index (χ3n) is 0. The van der Waals surface area contributed by atoms with Crippen molar-refractivity contribution < 1.29 is 58.6 Å². The van der Waals surface area contributed by atoms with E-state index in [4.69, 9.17) is 4.79 Å². The van der Waals surface area contributed by atoms with Crippen molar-refractivity contribution in [2.45, 2.75) is 14.4 Å². The summed E-state index contributed by atoms with van der Waals surface area (Å²) in [5, 5.41) is 0. The molecule has 0 aromatic heterocycles. The van der Waals surface area contributed by atoms with Gasteiger partial charge in [-0.1, -0.05) is 7.43 Å². The number of carbonyl (C=O) groups excluding carboxylic acids is 1. The third kappa shape index (κ3) is 146. The van der Waals surface area contributed by atoms with Gasteiger partial charge in [0.05, 0.1) is 0 Å². The minimum Gasteiger partial charge on any atom is -0.542 e. The molecule has 8 heavy (non-hydrogen) atoms. The molecule has 0 amide bonds. The van der Waals surface area contributed by atoms with E-state index in [0.29, 0.717) is 0 Å². The first-order chi connectivity index (χ1) is 1.41. The van der Waals surface area contributed by atoms with Crippen LogP contribution in [0.3, 0.4) is 0 Å². The van der Waals surface area contributed by atoms with Crippen LogP contribution in [0.4, 0.5) is 0 Å². The van der Waals surface area contributed by atoms with E-state index in [1.165, 1.54) is 13.2 Å². The van der Waals surface area contributed by atoms with Gasteiger partial charge in [0.2, 0.25) is 0 Å². The molecule has 1 nitrogen and oxygen atoms in total. The molecule has 0 aromatic rings. The van der Waals surface area contributed by atoms with Crippen LogP contribution >= 0.6 is 0 Å². The van der Waals surface area contributed by atoms with E-state index < -0.39 is 0 Å². The molecule has 0 rings (SSSR count). The molecule has 0 saturated carbocycles.